The molecule has 1 aromatic heterocycles. The van der Waals surface area contributed by atoms with Crippen molar-refractivity contribution in [1.29, 1.82) is 0 Å². The van der Waals surface area contributed by atoms with E-state index < -0.39 is 28.1 Å². The minimum absolute atomic E-state index is 0.0978. The molecular formula is C56H66ClFN7O7PS2. The van der Waals surface area contributed by atoms with E-state index in [-0.39, 0.29) is 41.2 Å². The summed E-state index contributed by atoms with van der Waals surface area (Å²) >= 11 is 7.98. The van der Waals surface area contributed by atoms with E-state index >= 15 is 8.96 Å². The Morgan fingerprint density at radius 2 is 1.53 bits per heavy atom. The highest BCUT2D eigenvalue weighted by atomic mass is 35.5. The van der Waals surface area contributed by atoms with Gasteiger partial charge in [-0.1, -0.05) is 41.9 Å². The number of anilines is 4. The number of aliphatic hydroxyl groups is 1. The van der Waals surface area contributed by atoms with Crippen molar-refractivity contribution < 1.29 is 31.9 Å². The second kappa shape index (κ2) is 23.5. The van der Waals surface area contributed by atoms with Crippen molar-refractivity contribution in [1.82, 2.24) is 9.47 Å². The van der Waals surface area contributed by atoms with Crippen molar-refractivity contribution in [2.24, 2.45) is 5.92 Å². The fraction of sp³-hybridized carbons (Fsp3) is 0.393. The molecule has 0 amide bonds. The van der Waals surface area contributed by atoms with Crippen LogP contribution in [0.25, 0.3) is 22.4 Å². The van der Waals surface area contributed by atoms with Gasteiger partial charge in [-0.05, 0) is 155 Å². The number of aromatic nitrogens is 1. The number of aliphatic hydroxyl groups excluding tert-OH is 1. The van der Waals surface area contributed by atoms with E-state index in [1.165, 1.54) is 24.5 Å². The molecule has 9 rings (SSSR count). The lowest BCUT2D eigenvalue weighted by Gasteiger charge is -2.38. The zero-order chi connectivity index (χ0) is 53.0. The summed E-state index contributed by atoms with van der Waals surface area (Å²) in [5.41, 5.74) is 5.42. The highest BCUT2D eigenvalue weighted by molar-refractivity contribution is 7.99. The zero-order valence-electron chi connectivity index (χ0n) is 42.9. The van der Waals surface area contributed by atoms with Gasteiger partial charge in [0.15, 0.2) is 9.84 Å². The Balaban J connectivity index is 0.909. The van der Waals surface area contributed by atoms with Crippen LogP contribution in [0.3, 0.4) is 0 Å². The van der Waals surface area contributed by atoms with E-state index in [9.17, 15) is 23.6 Å². The number of piperazine rings is 1. The SMILES string of the molecule is Cc1c(S(C)(=O)=O)c(-c2cc(F)cc(N3CCN(c4ccc(N5CCCO[P@@]5(=O)c5ccc(N[C@H](CCN6CCC(CO)CC6)CSc6ccccc6)c([N+](=O)[O-])c5)cc4)CC3)c2)c(-c2ccc(Cl)cc2)n1C(C)C. The summed E-state index contributed by atoms with van der Waals surface area (Å²) < 4.78 is 68.0. The van der Waals surface area contributed by atoms with Crippen LogP contribution in [0, 0.1) is 28.8 Å². The molecule has 2 atom stereocenters. The number of sulfone groups is 1. The van der Waals surface area contributed by atoms with Crippen LogP contribution in [-0.2, 0) is 18.9 Å². The van der Waals surface area contributed by atoms with Crippen molar-refractivity contribution in [3.8, 4) is 22.4 Å². The molecule has 4 heterocycles. The molecule has 0 spiro atoms. The van der Waals surface area contributed by atoms with E-state index in [2.05, 4.69) is 32.1 Å². The largest absolute Gasteiger partial charge is 0.396 e. The van der Waals surface area contributed by atoms with Crippen molar-refractivity contribution >= 4 is 74.5 Å². The lowest BCUT2D eigenvalue weighted by atomic mass is 9.97. The Kier molecular flexibility index (Phi) is 17.0. The Hall–Kier alpha value is -5.39. The molecule has 75 heavy (non-hydrogen) atoms. The summed E-state index contributed by atoms with van der Waals surface area (Å²) in [7, 11) is -7.55. The molecule has 2 N–H and O–H groups in total. The molecule has 5 aromatic carbocycles. The van der Waals surface area contributed by atoms with E-state index in [0.717, 1.165) is 55.0 Å². The van der Waals surface area contributed by atoms with Crippen molar-refractivity contribution in [2.45, 2.75) is 68.3 Å². The Morgan fingerprint density at radius 3 is 2.17 bits per heavy atom. The van der Waals surface area contributed by atoms with Gasteiger partial charge < -0.3 is 34.2 Å². The highest BCUT2D eigenvalue weighted by Crippen LogP contribution is 2.55. The van der Waals surface area contributed by atoms with Gasteiger partial charge in [0.05, 0.1) is 27.4 Å². The first-order valence-electron chi connectivity index (χ1n) is 25.7. The number of nitrogens with zero attached hydrogens (tertiary/aromatic N) is 6. The molecule has 0 aliphatic carbocycles. The third-order valence-electron chi connectivity index (χ3n) is 14.6. The number of halogens is 2. The van der Waals surface area contributed by atoms with Crippen LogP contribution in [0.5, 0.6) is 0 Å². The van der Waals surface area contributed by atoms with Crippen molar-refractivity contribution in [2.75, 3.05) is 97.4 Å². The maximum absolute atomic E-state index is 15.9. The monoisotopic (exact) mass is 1100 g/mol. The maximum Gasteiger partial charge on any atom is 0.326 e. The number of piperidine rings is 1. The average molecular weight is 1100 g/mol. The number of nitro benzene ring substituents is 1. The van der Waals surface area contributed by atoms with E-state index in [0.29, 0.717) is 95.4 Å². The second-order valence-electron chi connectivity index (χ2n) is 20.1. The van der Waals surface area contributed by atoms with Gasteiger partial charge in [-0.3, -0.25) is 19.3 Å². The van der Waals surface area contributed by atoms with E-state index in [1.54, 1.807) is 47.6 Å². The predicted molar refractivity (Wildman–Crippen MR) is 303 cm³/mol. The van der Waals surface area contributed by atoms with Crippen molar-refractivity contribution in [3.63, 3.8) is 0 Å². The van der Waals surface area contributed by atoms with Gasteiger partial charge in [0.2, 0.25) is 0 Å². The minimum Gasteiger partial charge on any atom is -0.396 e. The highest BCUT2D eigenvalue weighted by Gasteiger charge is 2.39. The number of thioether (sulfide) groups is 1. The van der Waals surface area contributed by atoms with Gasteiger partial charge in [0.1, 0.15) is 11.5 Å². The third-order valence-corrected chi connectivity index (χ3v) is 19.8. The first kappa shape index (κ1) is 54.4. The Labute approximate surface area is 449 Å². The lowest BCUT2D eigenvalue weighted by Crippen LogP contribution is -2.46. The molecule has 0 radical (unpaired) electrons. The van der Waals surface area contributed by atoms with Crippen LogP contribution in [0.4, 0.5) is 32.8 Å². The standard InChI is InChI=1S/C56H66ClFN7O7PS2/c1-39(2)64-40(3)56(75(4,70)71)54(55(64)42-11-13-44(57)14-12-42)43-33-45(58)35-49(34-43)62-30-28-61(29-31-62)47-15-17-48(18-16-47)63-24-8-32-72-73(63,69)50-19-20-52(53(36-50)65(67)68)59-46(38-74-51-9-6-5-7-10-51)23-27-60-25-21-41(37-66)22-26-60/h5-7,9-20,33-36,39,41,46,59,66H,8,21-32,37-38H2,1-4H3/t46-,73+/m1/s1. The molecule has 398 valence electrons. The normalized spacial score (nSPS) is 18.4. The third kappa shape index (κ3) is 12.3. The topological polar surface area (TPSA) is 154 Å². The number of nitrogens with one attached hydrogen (secondary N) is 1. The van der Waals surface area contributed by atoms with Crippen LogP contribution in [0.1, 0.15) is 51.3 Å². The summed E-state index contributed by atoms with van der Waals surface area (Å²) in [4.78, 5) is 20.4. The number of nitro groups is 1. The van der Waals surface area contributed by atoms with Crippen LogP contribution in [-0.4, -0.2) is 112 Å². The van der Waals surface area contributed by atoms with Crippen molar-refractivity contribution in [3.05, 3.63) is 142 Å². The smallest absolute Gasteiger partial charge is 0.326 e. The maximum atomic E-state index is 15.9. The number of hydrogen-bond acceptors (Lipinski definition) is 12. The molecule has 14 nitrogen and oxygen atoms in total. The zero-order valence-corrected chi connectivity index (χ0v) is 46.2. The molecule has 3 aliphatic rings. The fourth-order valence-corrected chi connectivity index (χ4v) is 15.5. The van der Waals surface area contributed by atoms with E-state index in [4.69, 9.17) is 16.1 Å². The van der Waals surface area contributed by atoms with Gasteiger partial charge in [-0.25, -0.2) is 12.8 Å². The first-order valence-corrected chi connectivity index (χ1v) is 30.5. The first-order chi connectivity index (χ1) is 36.0. The predicted octanol–water partition coefficient (Wildman–Crippen LogP) is 11.6. The second-order valence-corrected chi connectivity index (χ2v) is 25.9. The molecular weight excluding hydrogens is 1030 g/mol. The molecule has 19 heteroatoms. The average Bonchev–Trinajstić information content (AvgIpc) is 3.74. The lowest BCUT2D eigenvalue weighted by molar-refractivity contribution is -0.383. The van der Waals surface area contributed by atoms with Gasteiger partial charge in [-0.15, -0.1) is 11.8 Å². The van der Waals surface area contributed by atoms with Crippen LogP contribution >= 0.6 is 30.9 Å². The molecule has 6 aromatic rings. The fourth-order valence-electron chi connectivity index (χ4n) is 10.8. The van der Waals surface area contributed by atoms with Crippen LogP contribution in [0.15, 0.2) is 125 Å². The number of hydrogen-bond donors (Lipinski definition) is 2. The Morgan fingerprint density at radius 1 is 0.867 bits per heavy atom. The van der Waals surface area contributed by atoms with Crippen LogP contribution in [0.2, 0.25) is 5.02 Å². The number of rotatable bonds is 18. The van der Waals surface area contributed by atoms with Gasteiger partial charge >= 0.3 is 7.52 Å². The summed E-state index contributed by atoms with van der Waals surface area (Å²) in [6, 6.07) is 34.5. The summed E-state index contributed by atoms with van der Waals surface area (Å²) in [5, 5.41) is 26.8. The molecule has 3 fully saturated rings. The molecule has 0 bridgehead atoms. The van der Waals surface area contributed by atoms with Gasteiger partial charge in [-0.2, -0.15) is 0 Å². The van der Waals surface area contributed by atoms with Crippen LogP contribution < -0.4 is 25.1 Å². The quantitative estimate of drug-likeness (QED) is 0.0364. The molecule has 3 saturated heterocycles. The van der Waals surface area contributed by atoms with E-state index in [1.807, 2.05) is 79.1 Å². The minimum atomic E-state index is -3.79. The molecule has 0 saturated carbocycles. The summed E-state index contributed by atoms with van der Waals surface area (Å²) in [6.07, 6.45) is 4.48. The number of likely N-dealkylation sites (tertiary alicyclic amines) is 1. The molecule has 0 unspecified atom stereocenters. The number of benzene rings is 5. The summed E-state index contributed by atoms with van der Waals surface area (Å²) in [5.74, 6) is 0.542. The Bertz CT molecular complexity index is 3130. The van der Waals surface area contributed by atoms with Gasteiger partial charge in [0, 0.05) is 114 Å². The molecule has 3 aliphatic heterocycles. The summed E-state index contributed by atoms with van der Waals surface area (Å²) in [6.45, 7) is 11.7. The van der Waals surface area contributed by atoms with Gasteiger partial charge in [0.25, 0.3) is 5.69 Å².